The van der Waals surface area contributed by atoms with Gasteiger partial charge in [0.1, 0.15) is 4.90 Å². The number of nitrogens with zero attached hydrogens (tertiary/aromatic N) is 2. The third kappa shape index (κ3) is 3.89. The highest BCUT2D eigenvalue weighted by molar-refractivity contribution is 8.13. The highest BCUT2D eigenvalue weighted by Crippen LogP contribution is 2.26. The number of amidine groups is 1. The quantitative estimate of drug-likeness (QED) is 0.285. The lowest BCUT2D eigenvalue weighted by Gasteiger charge is -2.03. The number of thioether (sulfide) groups is 1. The molecule has 0 spiro atoms. The Morgan fingerprint density at radius 1 is 1.61 bits per heavy atom. The van der Waals surface area contributed by atoms with E-state index in [-0.39, 0.29) is 10.7 Å². The van der Waals surface area contributed by atoms with Gasteiger partial charge in [0.15, 0.2) is 11.4 Å². The van der Waals surface area contributed by atoms with Gasteiger partial charge in [-0.2, -0.15) is 13.7 Å². The van der Waals surface area contributed by atoms with E-state index in [1.54, 1.807) is 12.4 Å². The molecular formula is C9H8ClN3O3S2. The molecule has 0 aliphatic heterocycles. The molecule has 1 aromatic carbocycles. The van der Waals surface area contributed by atoms with Crippen LogP contribution in [-0.2, 0) is 10.1 Å². The zero-order valence-corrected chi connectivity index (χ0v) is 11.5. The number of benzene rings is 1. The van der Waals surface area contributed by atoms with Crippen molar-refractivity contribution in [2.24, 2.45) is 4.99 Å². The Labute approximate surface area is 113 Å². The van der Waals surface area contributed by atoms with Crippen LogP contribution in [0.2, 0.25) is 5.02 Å². The molecule has 0 radical (unpaired) electrons. The van der Waals surface area contributed by atoms with Crippen molar-refractivity contribution in [3.63, 3.8) is 0 Å². The van der Waals surface area contributed by atoms with Gasteiger partial charge in [-0.1, -0.05) is 23.4 Å². The molecule has 0 atom stereocenters. The molecule has 2 N–H and O–H groups in total. The molecule has 18 heavy (non-hydrogen) atoms. The first-order valence-electron chi connectivity index (χ1n) is 4.43. The van der Waals surface area contributed by atoms with Gasteiger partial charge in [-0.25, -0.2) is 4.99 Å². The fraction of sp³-hybridized carbons (Fsp3) is 0.111. The zero-order valence-electron chi connectivity index (χ0n) is 9.08. The molecule has 0 bridgehead atoms. The topological polar surface area (TPSA) is 103 Å². The van der Waals surface area contributed by atoms with E-state index in [0.717, 1.165) is 6.07 Å². The molecule has 6 nitrogen and oxygen atoms in total. The van der Waals surface area contributed by atoms with Gasteiger partial charge in [-0.3, -0.25) is 9.87 Å². The maximum atomic E-state index is 11.0. The van der Waals surface area contributed by atoms with Crippen molar-refractivity contribution in [3.05, 3.63) is 23.2 Å². The van der Waals surface area contributed by atoms with Crippen molar-refractivity contribution in [1.29, 1.82) is 5.26 Å². The summed E-state index contributed by atoms with van der Waals surface area (Å²) in [7, 11) is -4.40. The summed E-state index contributed by atoms with van der Waals surface area (Å²) in [6, 6.07) is 3.88. The SMILES string of the molecule is CSC(=Nc1ccc(Cl)c(S(=O)(=O)O)c1)NC#N. The zero-order chi connectivity index (χ0) is 13.8. The number of hydrogen-bond donors (Lipinski definition) is 2. The van der Waals surface area contributed by atoms with Gasteiger partial charge >= 0.3 is 0 Å². The van der Waals surface area contributed by atoms with E-state index in [2.05, 4.69) is 10.3 Å². The smallest absolute Gasteiger partial charge is 0.282 e. The lowest BCUT2D eigenvalue weighted by molar-refractivity contribution is 0.483. The molecule has 96 valence electrons. The molecule has 0 fully saturated rings. The lowest BCUT2D eigenvalue weighted by atomic mass is 10.3. The van der Waals surface area contributed by atoms with Crippen LogP contribution in [0.5, 0.6) is 0 Å². The molecular weight excluding hydrogens is 298 g/mol. The largest absolute Gasteiger partial charge is 0.296 e. The van der Waals surface area contributed by atoms with Gasteiger partial charge in [-0.05, 0) is 24.5 Å². The summed E-state index contributed by atoms with van der Waals surface area (Å²) in [5.74, 6) is 0. The third-order valence-corrected chi connectivity index (χ3v) is 3.69. The lowest BCUT2D eigenvalue weighted by Crippen LogP contribution is -2.12. The molecule has 0 saturated heterocycles. The summed E-state index contributed by atoms with van der Waals surface area (Å²) in [6.45, 7) is 0. The molecule has 0 saturated carbocycles. The number of nitrogens with one attached hydrogen (secondary N) is 1. The van der Waals surface area contributed by atoms with Gasteiger partial charge < -0.3 is 0 Å². The minimum atomic E-state index is -4.40. The van der Waals surface area contributed by atoms with Crippen LogP contribution in [0.1, 0.15) is 0 Å². The fourth-order valence-electron chi connectivity index (χ4n) is 1.05. The summed E-state index contributed by atoms with van der Waals surface area (Å²) in [6.07, 6.45) is 3.40. The van der Waals surface area contributed by atoms with Crippen LogP contribution in [0.3, 0.4) is 0 Å². The van der Waals surface area contributed by atoms with Crippen LogP contribution in [0.15, 0.2) is 28.1 Å². The number of aliphatic imine (C=N–C) groups is 1. The van der Waals surface area contributed by atoms with Crippen molar-refractivity contribution >= 4 is 44.3 Å². The van der Waals surface area contributed by atoms with Crippen LogP contribution in [-0.4, -0.2) is 24.4 Å². The second-order valence-electron chi connectivity index (χ2n) is 2.95. The molecule has 0 amide bonds. The van der Waals surface area contributed by atoms with Crippen molar-refractivity contribution in [3.8, 4) is 6.19 Å². The van der Waals surface area contributed by atoms with Crippen LogP contribution >= 0.6 is 23.4 Å². The van der Waals surface area contributed by atoms with E-state index >= 15 is 0 Å². The number of rotatable bonds is 2. The third-order valence-electron chi connectivity index (χ3n) is 1.78. The first-order chi connectivity index (χ1) is 8.38. The van der Waals surface area contributed by atoms with E-state index in [4.69, 9.17) is 21.4 Å². The molecule has 0 heterocycles. The Kier molecular flexibility index (Phi) is 4.98. The Bertz CT molecular complexity index is 622. The second kappa shape index (κ2) is 6.06. The van der Waals surface area contributed by atoms with Crippen LogP contribution < -0.4 is 5.32 Å². The van der Waals surface area contributed by atoms with Gasteiger partial charge in [0.2, 0.25) is 0 Å². The molecule has 0 aromatic heterocycles. The van der Waals surface area contributed by atoms with Crippen molar-refractivity contribution in [1.82, 2.24) is 5.32 Å². The molecule has 9 heteroatoms. The maximum Gasteiger partial charge on any atom is 0.296 e. The Hall–Kier alpha value is -1.27. The number of halogens is 1. The van der Waals surface area contributed by atoms with E-state index in [0.29, 0.717) is 5.17 Å². The Balaban J connectivity index is 3.26. The van der Waals surface area contributed by atoms with Gasteiger partial charge in [0.05, 0.1) is 10.7 Å². The summed E-state index contributed by atoms with van der Waals surface area (Å²) in [5, 5.41) is 11.0. The average molecular weight is 306 g/mol. The summed E-state index contributed by atoms with van der Waals surface area (Å²) < 4.78 is 31.0. The van der Waals surface area contributed by atoms with E-state index in [1.807, 2.05) is 0 Å². The van der Waals surface area contributed by atoms with E-state index in [9.17, 15) is 8.42 Å². The Morgan fingerprint density at radius 2 is 2.28 bits per heavy atom. The summed E-state index contributed by atoms with van der Waals surface area (Å²) >= 11 is 6.83. The molecule has 0 unspecified atom stereocenters. The minimum absolute atomic E-state index is 0.101. The maximum absolute atomic E-state index is 11.0. The standard InChI is InChI=1S/C9H8ClN3O3S2/c1-17-9(12-5-11)13-6-2-3-7(10)8(4-6)18(14,15)16/h2-4H,1H3,(H,12,13)(H,14,15,16). The summed E-state index contributed by atoms with van der Waals surface area (Å²) in [4.78, 5) is 3.57. The molecule has 1 rings (SSSR count). The van der Waals surface area contributed by atoms with Crippen molar-refractivity contribution in [2.75, 3.05) is 6.26 Å². The first-order valence-corrected chi connectivity index (χ1v) is 7.47. The number of hydrogen-bond acceptors (Lipinski definition) is 5. The van der Waals surface area contributed by atoms with Crippen molar-refractivity contribution < 1.29 is 13.0 Å². The van der Waals surface area contributed by atoms with Crippen molar-refractivity contribution in [2.45, 2.75) is 4.90 Å². The van der Waals surface area contributed by atoms with Crippen LogP contribution in [0.4, 0.5) is 5.69 Å². The normalized spacial score (nSPS) is 12.0. The molecule has 1 aromatic rings. The van der Waals surface area contributed by atoms with Gasteiger partial charge in [-0.15, -0.1) is 0 Å². The average Bonchev–Trinajstić information content (AvgIpc) is 2.29. The number of nitriles is 1. The monoisotopic (exact) mass is 305 g/mol. The first kappa shape index (κ1) is 14.8. The highest BCUT2D eigenvalue weighted by atomic mass is 35.5. The van der Waals surface area contributed by atoms with Gasteiger partial charge in [0.25, 0.3) is 10.1 Å². The molecule has 0 aliphatic carbocycles. The summed E-state index contributed by atoms with van der Waals surface area (Å²) in [5.41, 5.74) is 0.249. The minimum Gasteiger partial charge on any atom is -0.282 e. The van der Waals surface area contributed by atoms with Crippen LogP contribution in [0, 0.1) is 11.5 Å². The molecule has 0 aliphatic rings. The second-order valence-corrected chi connectivity index (χ2v) is 5.54. The predicted octanol–water partition coefficient (Wildman–Crippen LogP) is 2.01. The Morgan fingerprint density at radius 3 is 2.78 bits per heavy atom. The van der Waals surface area contributed by atoms with E-state index in [1.165, 1.54) is 23.9 Å². The van der Waals surface area contributed by atoms with Crippen LogP contribution in [0.25, 0.3) is 0 Å². The van der Waals surface area contributed by atoms with E-state index < -0.39 is 15.0 Å². The fourth-order valence-corrected chi connectivity index (χ4v) is 2.39. The highest BCUT2D eigenvalue weighted by Gasteiger charge is 2.15. The van der Waals surface area contributed by atoms with Gasteiger partial charge in [0, 0.05) is 0 Å². The predicted molar refractivity (Wildman–Crippen MR) is 70.6 cm³/mol.